The highest BCUT2D eigenvalue weighted by atomic mass is 35.5. The molecule has 1 unspecified atom stereocenters. The van der Waals surface area contributed by atoms with Crippen LogP contribution in [0.25, 0.3) is 0 Å². The number of thioether (sulfide) groups is 1. The third-order valence-electron chi connectivity index (χ3n) is 3.09. The molecule has 2 rings (SSSR count). The molecule has 6 heteroatoms. The van der Waals surface area contributed by atoms with Crippen LogP contribution in [0.2, 0.25) is 5.02 Å². The summed E-state index contributed by atoms with van der Waals surface area (Å²) in [5, 5.41) is 13.6. The first-order valence-corrected chi connectivity index (χ1v) is 8.25. The number of halogens is 1. The Hall–Kier alpha value is -1.43. The molecule has 1 heterocycles. The van der Waals surface area contributed by atoms with Crippen LogP contribution < -0.4 is 5.32 Å². The fourth-order valence-corrected chi connectivity index (χ4v) is 2.80. The van der Waals surface area contributed by atoms with Gasteiger partial charge in [0.05, 0.1) is 12.8 Å². The number of rotatable bonds is 7. The molecule has 2 N–H and O–H groups in total. The standard InChI is InChI=1S/C16H18ClNO3S/c1-16(20,14-3-2-9-21-14)11-18-15(19)8-10-22-13-6-4-12(17)5-7-13/h2-7,9,20H,8,10-11H2,1H3,(H,18,19). The molecule has 1 aromatic carbocycles. The van der Waals surface area contributed by atoms with Crippen molar-refractivity contribution >= 4 is 29.3 Å². The maximum atomic E-state index is 11.8. The molecule has 0 saturated heterocycles. The van der Waals surface area contributed by atoms with Gasteiger partial charge in [-0.05, 0) is 43.3 Å². The summed E-state index contributed by atoms with van der Waals surface area (Å²) in [6, 6.07) is 10.9. The van der Waals surface area contributed by atoms with Crippen molar-refractivity contribution < 1.29 is 14.3 Å². The topological polar surface area (TPSA) is 62.5 Å². The lowest BCUT2D eigenvalue weighted by Gasteiger charge is -2.21. The Bertz CT molecular complexity index is 596. The molecule has 0 aliphatic rings. The molecule has 4 nitrogen and oxygen atoms in total. The minimum atomic E-state index is -1.21. The maximum Gasteiger partial charge on any atom is 0.220 e. The molecule has 0 radical (unpaired) electrons. The number of benzene rings is 1. The van der Waals surface area contributed by atoms with Crippen molar-refractivity contribution in [3.8, 4) is 0 Å². The van der Waals surface area contributed by atoms with Crippen molar-refractivity contribution in [1.29, 1.82) is 0 Å². The molecule has 1 atom stereocenters. The van der Waals surface area contributed by atoms with Gasteiger partial charge >= 0.3 is 0 Å². The fraction of sp³-hybridized carbons (Fsp3) is 0.312. The van der Waals surface area contributed by atoms with Gasteiger partial charge in [0.15, 0.2) is 0 Å². The van der Waals surface area contributed by atoms with E-state index in [1.54, 1.807) is 30.8 Å². The normalized spacial score (nSPS) is 13.6. The molecular weight excluding hydrogens is 322 g/mol. The monoisotopic (exact) mass is 339 g/mol. The van der Waals surface area contributed by atoms with E-state index < -0.39 is 5.60 Å². The van der Waals surface area contributed by atoms with Crippen molar-refractivity contribution in [1.82, 2.24) is 5.32 Å². The Labute approximate surface area is 138 Å². The highest BCUT2D eigenvalue weighted by molar-refractivity contribution is 7.99. The fourth-order valence-electron chi connectivity index (χ4n) is 1.82. The van der Waals surface area contributed by atoms with Gasteiger partial charge in [0, 0.05) is 22.1 Å². The van der Waals surface area contributed by atoms with Crippen LogP contribution in [0.15, 0.2) is 52.0 Å². The van der Waals surface area contributed by atoms with Gasteiger partial charge < -0.3 is 14.8 Å². The van der Waals surface area contributed by atoms with Crippen molar-refractivity contribution in [2.75, 3.05) is 12.3 Å². The molecule has 0 fully saturated rings. The van der Waals surface area contributed by atoms with Crippen LogP contribution in [0.1, 0.15) is 19.1 Å². The van der Waals surface area contributed by atoms with Crippen molar-refractivity contribution in [2.45, 2.75) is 23.8 Å². The Morgan fingerprint density at radius 3 is 2.73 bits per heavy atom. The maximum absolute atomic E-state index is 11.8. The molecule has 0 bridgehead atoms. The third kappa shape index (κ3) is 5.09. The number of carbonyl (C=O) groups excluding carboxylic acids is 1. The number of nitrogens with one attached hydrogen (secondary N) is 1. The zero-order valence-electron chi connectivity index (χ0n) is 12.2. The van der Waals surface area contributed by atoms with Crippen molar-refractivity contribution in [3.05, 3.63) is 53.4 Å². The molecule has 1 aromatic heterocycles. The van der Waals surface area contributed by atoms with Crippen LogP contribution in [0, 0.1) is 0 Å². The molecule has 1 amide bonds. The SMILES string of the molecule is CC(O)(CNC(=O)CCSc1ccc(Cl)cc1)c1ccco1. The number of hydrogen-bond acceptors (Lipinski definition) is 4. The van der Waals surface area contributed by atoms with E-state index in [4.69, 9.17) is 16.0 Å². The van der Waals surface area contributed by atoms with Gasteiger partial charge in [0.1, 0.15) is 11.4 Å². The minimum absolute atomic E-state index is 0.103. The third-order valence-corrected chi connectivity index (χ3v) is 4.36. The zero-order chi connectivity index (χ0) is 16.0. The zero-order valence-corrected chi connectivity index (χ0v) is 13.8. The lowest BCUT2D eigenvalue weighted by atomic mass is 10.0. The van der Waals surface area contributed by atoms with Gasteiger partial charge in [-0.3, -0.25) is 4.79 Å². The molecule has 0 aliphatic carbocycles. The predicted molar refractivity (Wildman–Crippen MR) is 88.1 cm³/mol. The Morgan fingerprint density at radius 2 is 2.09 bits per heavy atom. The predicted octanol–water partition coefficient (Wildman–Crippen LogP) is 3.44. The molecule has 0 spiro atoms. The van der Waals surface area contributed by atoms with Crippen LogP contribution in [-0.4, -0.2) is 23.3 Å². The summed E-state index contributed by atoms with van der Waals surface area (Å²) in [7, 11) is 0. The Morgan fingerprint density at radius 1 is 1.36 bits per heavy atom. The van der Waals surface area contributed by atoms with Gasteiger partial charge in [0.25, 0.3) is 0 Å². The highest BCUT2D eigenvalue weighted by Crippen LogP contribution is 2.21. The summed E-state index contributed by atoms with van der Waals surface area (Å²) in [5.41, 5.74) is -1.21. The van der Waals surface area contributed by atoms with E-state index in [2.05, 4.69) is 5.32 Å². The largest absolute Gasteiger partial charge is 0.466 e. The number of furan rings is 1. The lowest BCUT2D eigenvalue weighted by Crippen LogP contribution is -2.38. The van der Waals surface area contributed by atoms with Crippen molar-refractivity contribution in [2.24, 2.45) is 0 Å². The highest BCUT2D eigenvalue weighted by Gasteiger charge is 2.26. The second-order valence-corrected chi connectivity index (χ2v) is 6.69. The van der Waals surface area contributed by atoms with Crippen LogP contribution in [0.3, 0.4) is 0 Å². The molecule has 0 saturated carbocycles. The first-order valence-electron chi connectivity index (χ1n) is 6.89. The Balaban J connectivity index is 1.71. The molecule has 118 valence electrons. The summed E-state index contributed by atoms with van der Waals surface area (Å²) in [6.45, 7) is 1.72. The molecule has 0 aliphatic heterocycles. The second-order valence-electron chi connectivity index (χ2n) is 5.08. The van der Waals surface area contributed by atoms with Gasteiger partial charge in [0.2, 0.25) is 5.91 Å². The average Bonchev–Trinajstić information content (AvgIpc) is 3.02. The number of aliphatic hydroxyl groups is 1. The Kier molecular flexibility index (Phi) is 5.94. The summed E-state index contributed by atoms with van der Waals surface area (Å²) in [4.78, 5) is 12.9. The smallest absolute Gasteiger partial charge is 0.220 e. The quantitative estimate of drug-likeness (QED) is 0.758. The summed E-state index contributed by atoms with van der Waals surface area (Å²) < 4.78 is 5.16. The van der Waals surface area contributed by atoms with E-state index in [9.17, 15) is 9.90 Å². The van der Waals surface area contributed by atoms with Gasteiger partial charge in [-0.25, -0.2) is 0 Å². The first kappa shape index (κ1) is 16.9. The minimum Gasteiger partial charge on any atom is -0.466 e. The summed E-state index contributed by atoms with van der Waals surface area (Å²) >= 11 is 7.41. The van der Waals surface area contributed by atoms with E-state index in [0.29, 0.717) is 23.0 Å². The lowest BCUT2D eigenvalue weighted by molar-refractivity contribution is -0.122. The van der Waals surface area contributed by atoms with Crippen LogP contribution >= 0.6 is 23.4 Å². The summed E-state index contributed by atoms with van der Waals surface area (Å²) in [6.07, 6.45) is 1.87. The second kappa shape index (κ2) is 7.72. The van der Waals surface area contributed by atoms with Gasteiger partial charge in [-0.1, -0.05) is 11.6 Å². The average molecular weight is 340 g/mol. The molecule has 2 aromatic rings. The first-order chi connectivity index (χ1) is 10.5. The van der Waals surface area contributed by atoms with E-state index in [1.807, 2.05) is 24.3 Å². The van der Waals surface area contributed by atoms with E-state index in [-0.39, 0.29) is 12.5 Å². The molecular formula is C16H18ClNO3S. The van der Waals surface area contributed by atoms with Gasteiger partial charge in [-0.2, -0.15) is 0 Å². The van der Waals surface area contributed by atoms with E-state index in [0.717, 1.165) is 4.90 Å². The van der Waals surface area contributed by atoms with Crippen molar-refractivity contribution in [3.63, 3.8) is 0 Å². The van der Waals surface area contributed by atoms with E-state index in [1.165, 1.54) is 6.26 Å². The van der Waals surface area contributed by atoms with Gasteiger partial charge in [-0.15, -0.1) is 11.8 Å². The molecule has 22 heavy (non-hydrogen) atoms. The van der Waals surface area contributed by atoms with Crippen LogP contribution in [-0.2, 0) is 10.4 Å². The van der Waals surface area contributed by atoms with E-state index >= 15 is 0 Å². The number of carbonyl (C=O) groups is 1. The van der Waals surface area contributed by atoms with Crippen LogP contribution in [0.4, 0.5) is 0 Å². The summed E-state index contributed by atoms with van der Waals surface area (Å²) in [5.74, 6) is 0.993. The number of amides is 1. The number of hydrogen-bond donors (Lipinski definition) is 2. The van der Waals surface area contributed by atoms with Crippen LogP contribution in [0.5, 0.6) is 0 Å².